The first-order valence-electron chi connectivity index (χ1n) is 8.16. The van der Waals surface area contributed by atoms with Gasteiger partial charge in [-0.15, -0.1) is 0 Å². The number of carbonyl (C=O) groups is 1. The minimum atomic E-state index is 0.0196. The van der Waals surface area contributed by atoms with Gasteiger partial charge in [-0.05, 0) is 47.6 Å². The third-order valence-electron chi connectivity index (χ3n) is 4.92. The molecular formula is C17H22ClIN2O2. The molecule has 4 nitrogen and oxygen atoms in total. The van der Waals surface area contributed by atoms with Crippen molar-refractivity contribution >= 4 is 40.1 Å². The number of methoxy groups -OCH3 is 1. The van der Waals surface area contributed by atoms with E-state index in [-0.39, 0.29) is 5.91 Å². The summed E-state index contributed by atoms with van der Waals surface area (Å²) in [5.74, 6) is 0.619. The molecule has 0 atom stereocenters. The van der Waals surface area contributed by atoms with Crippen molar-refractivity contribution in [3.8, 4) is 5.75 Å². The smallest absolute Gasteiger partial charge is 0.257 e. The molecule has 2 aliphatic rings. The Bertz CT molecular complexity index is 582. The van der Waals surface area contributed by atoms with Gasteiger partial charge in [0, 0.05) is 35.8 Å². The SMILES string of the molecule is COc1cc(I)c(Cl)cc1C(=O)N1CCN(C2CCCC2)CC1. The van der Waals surface area contributed by atoms with E-state index in [0.717, 1.165) is 35.8 Å². The summed E-state index contributed by atoms with van der Waals surface area (Å²) in [6.45, 7) is 3.50. The van der Waals surface area contributed by atoms with Gasteiger partial charge in [0.2, 0.25) is 0 Å². The number of amides is 1. The van der Waals surface area contributed by atoms with Crippen molar-refractivity contribution in [1.29, 1.82) is 0 Å². The molecular weight excluding hydrogens is 427 g/mol. The van der Waals surface area contributed by atoms with Crippen LogP contribution >= 0.6 is 34.2 Å². The summed E-state index contributed by atoms with van der Waals surface area (Å²) in [4.78, 5) is 17.3. The van der Waals surface area contributed by atoms with Gasteiger partial charge in [-0.2, -0.15) is 0 Å². The molecule has 1 aromatic rings. The molecule has 3 rings (SSSR count). The minimum Gasteiger partial charge on any atom is -0.496 e. The number of piperazine rings is 1. The van der Waals surface area contributed by atoms with E-state index in [1.165, 1.54) is 25.7 Å². The number of hydrogen-bond acceptors (Lipinski definition) is 3. The molecule has 1 heterocycles. The van der Waals surface area contributed by atoms with E-state index in [1.54, 1.807) is 13.2 Å². The molecule has 1 aromatic carbocycles. The van der Waals surface area contributed by atoms with Crippen molar-refractivity contribution in [2.75, 3.05) is 33.3 Å². The minimum absolute atomic E-state index is 0.0196. The molecule has 1 aliphatic heterocycles. The molecule has 6 heteroatoms. The number of nitrogens with zero attached hydrogens (tertiary/aromatic N) is 2. The molecule has 23 heavy (non-hydrogen) atoms. The van der Waals surface area contributed by atoms with Crippen LogP contribution in [-0.2, 0) is 0 Å². The fourth-order valence-electron chi connectivity index (χ4n) is 3.59. The van der Waals surface area contributed by atoms with Crippen LogP contribution < -0.4 is 4.74 Å². The maximum atomic E-state index is 12.8. The molecule has 0 bridgehead atoms. The zero-order valence-electron chi connectivity index (χ0n) is 13.4. The quantitative estimate of drug-likeness (QED) is 0.662. The molecule has 0 spiro atoms. The Hall–Kier alpha value is -0.530. The van der Waals surface area contributed by atoms with Gasteiger partial charge in [-0.3, -0.25) is 9.69 Å². The van der Waals surface area contributed by atoms with Crippen LogP contribution in [0.4, 0.5) is 0 Å². The van der Waals surface area contributed by atoms with Gasteiger partial charge in [0.05, 0.1) is 17.7 Å². The van der Waals surface area contributed by atoms with Crippen LogP contribution in [0.1, 0.15) is 36.0 Å². The summed E-state index contributed by atoms with van der Waals surface area (Å²) >= 11 is 8.34. The molecule has 0 aromatic heterocycles. The van der Waals surface area contributed by atoms with E-state index in [4.69, 9.17) is 16.3 Å². The molecule has 2 fully saturated rings. The Balaban J connectivity index is 1.68. The summed E-state index contributed by atoms with van der Waals surface area (Å²) in [7, 11) is 1.59. The number of ether oxygens (including phenoxy) is 1. The molecule has 0 unspecified atom stereocenters. The summed E-state index contributed by atoms with van der Waals surface area (Å²) in [5, 5.41) is 0.597. The molecule has 1 aliphatic carbocycles. The third-order valence-corrected chi connectivity index (χ3v) is 6.44. The highest BCUT2D eigenvalue weighted by Gasteiger charge is 2.29. The van der Waals surface area contributed by atoms with Crippen molar-refractivity contribution in [2.45, 2.75) is 31.7 Å². The van der Waals surface area contributed by atoms with Gasteiger partial charge in [0.25, 0.3) is 5.91 Å². The number of carbonyl (C=O) groups excluding carboxylic acids is 1. The summed E-state index contributed by atoms with van der Waals surface area (Å²) in [5.41, 5.74) is 0.562. The zero-order chi connectivity index (χ0) is 16.4. The summed E-state index contributed by atoms with van der Waals surface area (Å²) in [6.07, 6.45) is 5.33. The van der Waals surface area contributed by atoms with E-state index in [0.29, 0.717) is 16.3 Å². The van der Waals surface area contributed by atoms with Crippen LogP contribution in [0, 0.1) is 3.57 Å². The zero-order valence-corrected chi connectivity index (χ0v) is 16.3. The van der Waals surface area contributed by atoms with Crippen LogP contribution in [-0.4, -0.2) is 55.0 Å². The van der Waals surface area contributed by atoms with Gasteiger partial charge in [0.15, 0.2) is 0 Å². The molecule has 1 amide bonds. The monoisotopic (exact) mass is 448 g/mol. The second-order valence-electron chi connectivity index (χ2n) is 6.23. The lowest BCUT2D eigenvalue weighted by molar-refractivity contribution is 0.0570. The van der Waals surface area contributed by atoms with Crippen LogP contribution in [0.25, 0.3) is 0 Å². The Morgan fingerprint density at radius 1 is 1.22 bits per heavy atom. The van der Waals surface area contributed by atoms with Crippen LogP contribution in [0.5, 0.6) is 5.75 Å². The number of benzene rings is 1. The van der Waals surface area contributed by atoms with E-state index in [2.05, 4.69) is 27.5 Å². The van der Waals surface area contributed by atoms with Gasteiger partial charge in [-0.1, -0.05) is 24.4 Å². The second-order valence-corrected chi connectivity index (χ2v) is 7.80. The first kappa shape index (κ1) is 17.3. The van der Waals surface area contributed by atoms with Crippen LogP contribution in [0.15, 0.2) is 12.1 Å². The van der Waals surface area contributed by atoms with E-state index < -0.39 is 0 Å². The number of halogens is 2. The van der Waals surface area contributed by atoms with Crippen molar-refractivity contribution in [3.05, 3.63) is 26.3 Å². The van der Waals surface area contributed by atoms with Crippen molar-refractivity contribution < 1.29 is 9.53 Å². The fourth-order valence-corrected chi connectivity index (χ4v) is 4.20. The van der Waals surface area contributed by atoms with E-state index in [9.17, 15) is 4.79 Å². The predicted octanol–water partition coefficient (Wildman–Crippen LogP) is 3.65. The lowest BCUT2D eigenvalue weighted by Gasteiger charge is -2.38. The summed E-state index contributed by atoms with van der Waals surface area (Å²) in [6, 6.07) is 4.29. The lowest BCUT2D eigenvalue weighted by Crippen LogP contribution is -2.51. The summed E-state index contributed by atoms with van der Waals surface area (Å²) < 4.78 is 6.27. The highest BCUT2D eigenvalue weighted by Crippen LogP contribution is 2.30. The topological polar surface area (TPSA) is 32.8 Å². The Labute approximate surface area is 156 Å². The highest BCUT2D eigenvalue weighted by molar-refractivity contribution is 14.1. The Morgan fingerprint density at radius 3 is 2.48 bits per heavy atom. The molecule has 1 saturated heterocycles. The lowest BCUT2D eigenvalue weighted by atomic mass is 10.1. The standard InChI is InChI=1S/C17H22ClIN2O2/c1-23-16-11-15(19)14(18)10-13(16)17(22)21-8-6-20(7-9-21)12-4-2-3-5-12/h10-12H,2-9H2,1H3. The largest absolute Gasteiger partial charge is 0.496 e. The first-order valence-corrected chi connectivity index (χ1v) is 9.62. The Morgan fingerprint density at radius 2 is 1.87 bits per heavy atom. The average Bonchev–Trinajstić information content (AvgIpc) is 3.11. The normalized spacial score (nSPS) is 20.0. The fraction of sp³-hybridized carbons (Fsp3) is 0.588. The molecule has 0 N–H and O–H groups in total. The molecule has 0 radical (unpaired) electrons. The first-order chi connectivity index (χ1) is 11.1. The van der Waals surface area contributed by atoms with Gasteiger partial charge in [-0.25, -0.2) is 0 Å². The predicted molar refractivity (Wildman–Crippen MR) is 100 cm³/mol. The number of rotatable bonds is 3. The van der Waals surface area contributed by atoms with Crippen LogP contribution in [0.2, 0.25) is 5.02 Å². The van der Waals surface area contributed by atoms with Gasteiger partial charge < -0.3 is 9.64 Å². The van der Waals surface area contributed by atoms with Gasteiger partial charge in [0.1, 0.15) is 5.75 Å². The Kier molecular flexibility index (Phi) is 5.69. The average molecular weight is 449 g/mol. The van der Waals surface area contributed by atoms with Crippen molar-refractivity contribution in [1.82, 2.24) is 9.80 Å². The third kappa shape index (κ3) is 3.77. The maximum Gasteiger partial charge on any atom is 0.257 e. The second kappa shape index (κ2) is 7.57. The maximum absolute atomic E-state index is 12.8. The van der Waals surface area contributed by atoms with Gasteiger partial charge >= 0.3 is 0 Å². The van der Waals surface area contributed by atoms with Crippen molar-refractivity contribution in [3.63, 3.8) is 0 Å². The number of hydrogen-bond donors (Lipinski definition) is 0. The highest BCUT2D eigenvalue weighted by atomic mass is 127. The molecule has 1 saturated carbocycles. The van der Waals surface area contributed by atoms with E-state index in [1.807, 2.05) is 11.0 Å². The van der Waals surface area contributed by atoms with Crippen molar-refractivity contribution in [2.24, 2.45) is 0 Å². The van der Waals surface area contributed by atoms with E-state index >= 15 is 0 Å². The van der Waals surface area contributed by atoms with Crippen LogP contribution in [0.3, 0.4) is 0 Å². The molecule has 126 valence electrons.